The van der Waals surface area contributed by atoms with E-state index in [0.29, 0.717) is 23.7 Å². The van der Waals surface area contributed by atoms with Crippen LogP contribution in [-0.4, -0.2) is 50.4 Å². The van der Waals surface area contributed by atoms with E-state index in [1.807, 2.05) is 12.1 Å². The van der Waals surface area contributed by atoms with Crippen LogP contribution in [0.15, 0.2) is 83.4 Å². The lowest BCUT2D eigenvalue weighted by Gasteiger charge is -2.36. The topological polar surface area (TPSA) is 70.6 Å². The second-order valence-electron chi connectivity index (χ2n) is 7.41. The molecule has 1 aliphatic rings. The van der Waals surface area contributed by atoms with Gasteiger partial charge in [-0.3, -0.25) is 9.78 Å². The number of halogens is 1. The van der Waals surface area contributed by atoms with Crippen LogP contribution < -0.4 is 4.90 Å². The third-order valence-corrected chi connectivity index (χ3v) is 7.01. The molecule has 2 heterocycles. The summed E-state index contributed by atoms with van der Waals surface area (Å²) < 4.78 is 25.2. The Balaban J connectivity index is 1.39. The zero-order valence-corrected chi connectivity index (χ0v) is 18.8. The molecule has 3 aromatic rings. The number of nitrogens with zero attached hydrogens (tertiary/aromatic N) is 3. The summed E-state index contributed by atoms with van der Waals surface area (Å²) in [6.45, 7) is 2.67. The van der Waals surface area contributed by atoms with Crippen LogP contribution in [0.25, 0.3) is 6.08 Å². The van der Waals surface area contributed by atoms with Gasteiger partial charge in [-0.05, 0) is 60.2 Å². The summed E-state index contributed by atoms with van der Waals surface area (Å²) in [6, 6.07) is 16.9. The van der Waals surface area contributed by atoms with E-state index in [0.717, 1.165) is 29.7 Å². The van der Waals surface area contributed by atoms with Crippen LogP contribution in [0.1, 0.15) is 15.9 Å². The van der Waals surface area contributed by atoms with Crippen molar-refractivity contribution in [3.63, 3.8) is 0 Å². The molecule has 2 aromatic carbocycles. The lowest BCUT2D eigenvalue weighted by molar-refractivity contribution is 0.0746. The summed E-state index contributed by atoms with van der Waals surface area (Å²) in [5.41, 5.74) is 2.30. The van der Waals surface area contributed by atoms with Gasteiger partial charge in [0.1, 0.15) is 0 Å². The summed E-state index contributed by atoms with van der Waals surface area (Å²) in [5, 5.41) is 1.75. The predicted octanol–water partition coefficient (Wildman–Crippen LogP) is 4.14. The molecule has 1 fully saturated rings. The molecule has 0 aliphatic carbocycles. The Bertz CT molecular complexity index is 1200. The second-order valence-corrected chi connectivity index (χ2v) is 9.68. The van der Waals surface area contributed by atoms with Crippen molar-refractivity contribution < 1.29 is 13.2 Å². The molecule has 1 aliphatic heterocycles. The minimum atomic E-state index is -3.62. The number of hydrogen-bond acceptors (Lipinski definition) is 5. The summed E-state index contributed by atoms with van der Waals surface area (Å²) in [6.07, 6.45) is 5.03. The number of anilines is 1. The number of hydrogen-bond donors (Lipinski definition) is 0. The van der Waals surface area contributed by atoms with Crippen LogP contribution >= 0.6 is 11.6 Å². The van der Waals surface area contributed by atoms with Crippen LogP contribution in [0.2, 0.25) is 5.02 Å². The molecule has 1 amide bonds. The van der Waals surface area contributed by atoms with Gasteiger partial charge in [0, 0.05) is 60.3 Å². The zero-order chi connectivity index (χ0) is 22.6. The SMILES string of the molecule is O=C(c1ccc(S(=O)(=O)/C=C/c2ccc(Cl)cc2)cc1)N1CCN(c2ccncc2)CC1. The zero-order valence-electron chi connectivity index (χ0n) is 17.3. The molecule has 0 bridgehead atoms. The maximum absolute atomic E-state index is 12.9. The number of benzene rings is 2. The number of pyridine rings is 1. The molecule has 0 N–H and O–H groups in total. The number of carbonyl (C=O) groups excluding carboxylic acids is 1. The predicted molar refractivity (Wildman–Crippen MR) is 126 cm³/mol. The van der Waals surface area contributed by atoms with E-state index in [4.69, 9.17) is 11.6 Å². The Morgan fingerprint density at radius 3 is 2.12 bits per heavy atom. The molecule has 6 nitrogen and oxygen atoms in total. The van der Waals surface area contributed by atoms with Crippen molar-refractivity contribution >= 4 is 39.1 Å². The maximum atomic E-state index is 12.9. The van der Waals surface area contributed by atoms with E-state index in [2.05, 4.69) is 9.88 Å². The van der Waals surface area contributed by atoms with Gasteiger partial charge in [-0.15, -0.1) is 0 Å². The first-order valence-corrected chi connectivity index (χ1v) is 12.1. The lowest BCUT2D eigenvalue weighted by atomic mass is 10.2. The first-order chi connectivity index (χ1) is 15.4. The van der Waals surface area contributed by atoms with Crippen molar-refractivity contribution in [1.82, 2.24) is 9.88 Å². The average Bonchev–Trinajstić information content (AvgIpc) is 2.84. The first kappa shape index (κ1) is 22.0. The Hall–Kier alpha value is -3.16. The number of carbonyl (C=O) groups is 1. The molecule has 0 radical (unpaired) electrons. The molecule has 32 heavy (non-hydrogen) atoms. The Kier molecular flexibility index (Phi) is 6.58. The molecule has 0 spiro atoms. The van der Waals surface area contributed by atoms with Gasteiger partial charge in [-0.1, -0.05) is 23.7 Å². The Morgan fingerprint density at radius 2 is 1.50 bits per heavy atom. The van der Waals surface area contributed by atoms with Crippen molar-refractivity contribution in [1.29, 1.82) is 0 Å². The highest BCUT2D eigenvalue weighted by molar-refractivity contribution is 7.94. The van der Waals surface area contributed by atoms with Crippen LogP contribution in [0, 0.1) is 0 Å². The number of rotatable bonds is 5. The summed E-state index contributed by atoms with van der Waals surface area (Å²) >= 11 is 5.85. The normalized spacial score (nSPS) is 14.7. The molecular weight excluding hydrogens is 446 g/mol. The number of aromatic nitrogens is 1. The van der Waals surface area contributed by atoms with E-state index in [1.54, 1.807) is 53.7 Å². The third-order valence-electron chi connectivity index (χ3n) is 5.33. The first-order valence-electron chi connectivity index (χ1n) is 10.2. The van der Waals surface area contributed by atoms with Gasteiger partial charge in [0.15, 0.2) is 9.84 Å². The summed E-state index contributed by atoms with van der Waals surface area (Å²) in [4.78, 5) is 21.0. The fraction of sp³-hybridized carbons (Fsp3) is 0.167. The lowest BCUT2D eigenvalue weighted by Crippen LogP contribution is -2.48. The van der Waals surface area contributed by atoms with Gasteiger partial charge in [0.25, 0.3) is 5.91 Å². The van der Waals surface area contributed by atoms with Crippen LogP contribution in [0.3, 0.4) is 0 Å². The van der Waals surface area contributed by atoms with E-state index in [1.165, 1.54) is 18.2 Å². The van der Waals surface area contributed by atoms with Crippen molar-refractivity contribution in [3.8, 4) is 0 Å². The highest BCUT2D eigenvalue weighted by atomic mass is 35.5. The summed E-state index contributed by atoms with van der Waals surface area (Å²) in [5.74, 6) is -0.0972. The number of sulfone groups is 1. The van der Waals surface area contributed by atoms with E-state index in [9.17, 15) is 13.2 Å². The number of piperazine rings is 1. The van der Waals surface area contributed by atoms with Gasteiger partial charge in [0.05, 0.1) is 4.90 Å². The van der Waals surface area contributed by atoms with E-state index >= 15 is 0 Å². The molecular formula is C24H22ClN3O3S. The highest BCUT2D eigenvalue weighted by Crippen LogP contribution is 2.19. The monoisotopic (exact) mass is 467 g/mol. The van der Waals surface area contributed by atoms with E-state index < -0.39 is 9.84 Å². The molecule has 0 saturated carbocycles. The molecule has 0 atom stereocenters. The van der Waals surface area contributed by atoms with Gasteiger partial charge in [0.2, 0.25) is 0 Å². The second kappa shape index (κ2) is 9.54. The Morgan fingerprint density at radius 1 is 0.875 bits per heavy atom. The van der Waals surface area contributed by atoms with E-state index in [-0.39, 0.29) is 10.8 Å². The van der Waals surface area contributed by atoms with Crippen molar-refractivity contribution in [2.75, 3.05) is 31.1 Å². The maximum Gasteiger partial charge on any atom is 0.253 e. The minimum Gasteiger partial charge on any atom is -0.368 e. The smallest absolute Gasteiger partial charge is 0.253 e. The van der Waals surface area contributed by atoms with Crippen molar-refractivity contribution in [2.45, 2.75) is 4.90 Å². The third kappa shape index (κ3) is 5.18. The van der Waals surface area contributed by atoms with Gasteiger partial charge >= 0.3 is 0 Å². The van der Waals surface area contributed by atoms with Crippen LogP contribution in [-0.2, 0) is 9.84 Å². The summed E-state index contributed by atoms with van der Waals surface area (Å²) in [7, 11) is -3.62. The molecule has 1 aromatic heterocycles. The molecule has 0 unspecified atom stereocenters. The standard InChI is InChI=1S/C24H22ClN3O3S/c25-21-5-1-19(2-6-21)11-18-32(30,31)23-7-3-20(4-8-23)24(29)28-16-14-27(15-17-28)22-9-12-26-13-10-22/h1-13,18H,14-17H2/b18-11+. The molecule has 8 heteroatoms. The van der Waals surface area contributed by atoms with Gasteiger partial charge < -0.3 is 9.80 Å². The molecule has 1 saturated heterocycles. The van der Waals surface area contributed by atoms with Gasteiger partial charge in [-0.25, -0.2) is 8.42 Å². The fourth-order valence-corrected chi connectivity index (χ4v) is 4.65. The average molecular weight is 468 g/mol. The van der Waals surface area contributed by atoms with Crippen LogP contribution in [0.4, 0.5) is 5.69 Å². The molecule has 4 rings (SSSR count). The largest absolute Gasteiger partial charge is 0.368 e. The highest BCUT2D eigenvalue weighted by Gasteiger charge is 2.22. The Labute approximate surface area is 192 Å². The van der Waals surface area contributed by atoms with Crippen LogP contribution in [0.5, 0.6) is 0 Å². The van der Waals surface area contributed by atoms with Crippen molar-refractivity contribution in [2.24, 2.45) is 0 Å². The molecule has 164 valence electrons. The minimum absolute atomic E-state index is 0.0972. The fourth-order valence-electron chi connectivity index (χ4n) is 3.51. The number of amides is 1. The quantitative estimate of drug-likeness (QED) is 0.564. The van der Waals surface area contributed by atoms with Gasteiger partial charge in [-0.2, -0.15) is 0 Å². The van der Waals surface area contributed by atoms with Crippen molar-refractivity contribution in [3.05, 3.63) is 94.6 Å².